The Bertz CT molecular complexity index is 642. The molecular weight excluding hydrogens is 334 g/mol. The summed E-state index contributed by atoms with van der Waals surface area (Å²) in [6.07, 6.45) is 0.884. The van der Waals surface area contributed by atoms with Crippen molar-refractivity contribution >= 4 is 16.3 Å². The summed E-state index contributed by atoms with van der Waals surface area (Å²) < 4.78 is 37.3. The van der Waals surface area contributed by atoms with Crippen LogP contribution in [-0.2, 0) is 21.6 Å². The number of methoxy groups -OCH3 is 1. The van der Waals surface area contributed by atoms with Gasteiger partial charge in [0.15, 0.2) is 0 Å². The van der Waals surface area contributed by atoms with E-state index in [1.54, 1.807) is 31.4 Å². The Kier molecular flexibility index (Phi) is 6.41. The molecule has 1 unspecified atom stereocenters. The van der Waals surface area contributed by atoms with Gasteiger partial charge in [0.05, 0.1) is 13.7 Å². The first kappa shape index (κ1) is 18.5. The van der Waals surface area contributed by atoms with Crippen LogP contribution in [0.5, 0.6) is 5.75 Å². The van der Waals surface area contributed by atoms with Gasteiger partial charge in [-0.2, -0.15) is 12.7 Å². The second kappa shape index (κ2) is 8.32. The Labute approximate surface area is 142 Å². The molecule has 2 rings (SSSR count). The van der Waals surface area contributed by atoms with Crippen LogP contribution < -0.4 is 14.8 Å². The molecule has 24 heavy (non-hydrogen) atoms. The van der Waals surface area contributed by atoms with E-state index in [9.17, 15) is 13.2 Å². The van der Waals surface area contributed by atoms with Crippen LogP contribution in [0.4, 0.5) is 4.79 Å². The maximum absolute atomic E-state index is 12.3. The number of ether oxygens (including phenoxy) is 2. The lowest BCUT2D eigenvalue weighted by molar-refractivity contribution is 0.117. The number of benzene rings is 1. The molecule has 1 aliphatic heterocycles. The van der Waals surface area contributed by atoms with E-state index in [1.807, 2.05) is 0 Å². The third-order valence-electron chi connectivity index (χ3n) is 3.82. The van der Waals surface area contributed by atoms with Crippen molar-refractivity contribution in [2.24, 2.45) is 0 Å². The van der Waals surface area contributed by atoms with Crippen molar-refractivity contribution in [2.45, 2.75) is 25.5 Å². The molecule has 0 radical (unpaired) electrons. The normalized spacial score (nSPS) is 17.5. The maximum atomic E-state index is 12.3. The Hall–Kier alpha value is -1.84. The quantitative estimate of drug-likeness (QED) is 0.751. The minimum Gasteiger partial charge on any atom is -0.497 e. The minimum atomic E-state index is -3.91. The lowest BCUT2D eigenvalue weighted by Gasteiger charge is -2.24. The number of nitrogens with zero attached hydrogens (tertiary/aromatic N) is 1. The molecule has 1 aliphatic rings. The van der Waals surface area contributed by atoms with Crippen LogP contribution in [0, 0.1) is 0 Å². The molecule has 0 saturated carbocycles. The van der Waals surface area contributed by atoms with Crippen molar-refractivity contribution in [1.82, 2.24) is 14.3 Å². The molecule has 1 heterocycles. The average Bonchev–Trinajstić information content (AvgIpc) is 3.11. The highest BCUT2D eigenvalue weighted by atomic mass is 32.2. The highest BCUT2D eigenvalue weighted by Gasteiger charge is 2.31. The van der Waals surface area contributed by atoms with Gasteiger partial charge in [-0.3, -0.25) is 0 Å². The monoisotopic (exact) mass is 357 g/mol. The summed E-state index contributed by atoms with van der Waals surface area (Å²) in [5.41, 5.74) is 0.741. The zero-order valence-electron chi connectivity index (χ0n) is 13.8. The summed E-state index contributed by atoms with van der Waals surface area (Å²) in [4.78, 5) is 12.3. The van der Waals surface area contributed by atoms with Gasteiger partial charge < -0.3 is 14.8 Å². The SMILES string of the molecule is CNS(=O)(=O)N(CC1CCCN1)C(=O)OCc1ccc(OC)cc1. The first-order chi connectivity index (χ1) is 11.5. The van der Waals surface area contributed by atoms with E-state index in [-0.39, 0.29) is 19.2 Å². The van der Waals surface area contributed by atoms with Crippen LogP contribution in [0.3, 0.4) is 0 Å². The van der Waals surface area contributed by atoms with E-state index < -0.39 is 16.3 Å². The zero-order valence-corrected chi connectivity index (χ0v) is 14.6. The Morgan fingerprint density at radius 2 is 2.08 bits per heavy atom. The molecule has 8 nitrogen and oxygen atoms in total. The van der Waals surface area contributed by atoms with Crippen molar-refractivity contribution in [3.8, 4) is 5.75 Å². The van der Waals surface area contributed by atoms with Gasteiger partial charge in [-0.15, -0.1) is 0 Å². The second-order valence-electron chi connectivity index (χ2n) is 5.44. The van der Waals surface area contributed by atoms with Crippen LogP contribution >= 0.6 is 0 Å². The number of hydrogen-bond donors (Lipinski definition) is 2. The van der Waals surface area contributed by atoms with Crippen LogP contribution in [0.1, 0.15) is 18.4 Å². The summed E-state index contributed by atoms with van der Waals surface area (Å²) in [6, 6.07) is 6.94. The van der Waals surface area contributed by atoms with Crippen molar-refractivity contribution in [2.75, 3.05) is 27.2 Å². The fourth-order valence-corrected chi connectivity index (χ4v) is 3.28. The van der Waals surface area contributed by atoms with E-state index in [0.717, 1.165) is 29.3 Å². The van der Waals surface area contributed by atoms with Crippen molar-refractivity contribution in [1.29, 1.82) is 0 Å². The Morgan fingerprint density at radius 3 is 2.62 bits per heavy atom. The lowest BCUT2D eigenvalue weighted by atomic mass is 10.2. The fraction of sp³-hybridized carbons (Fsp3) is 0.533. The van der Waals surface area contributed by atoms with Crippen LogP contribution in [0.25, 0.3) is 0 Å². The van der Waals surface area contributed by atoms with E-state index in [2.05, 4.69) is 10.0 Å². The topological polar surface area (TPSA) is 97.0 Å². The number of carbonyl (C=O) groups is 1. The molecule has 9 heteroatoms. The smallest absolute Gasteiger partial charge is 0.424 e. The van der Waals surface area contributed by atoms with Crippen LogP contribution in [-0.4, -0.2) is 52.1 Å². The van der Waals surface area contributed by atoms with Gasteiger partial charge in [0.2, 0.25) is 0 Å². The third-order valence-corrected chi connectivity index (χ3v) is 5.22. The predicted octanol–water partition coefficient (Wildman–Crippen LogP) is 0.850. The van der Waals surface area contributed by atoms with Gasteiger partial charge in [0.1, 0.15) is 12.4 Å². The van der Waals surface area contributed by atoms with Gasteiger partial charge in [0, 0.05) is 13.1 Å². The van der Waals surface area contributed by atoms with Gasteiger partial charge in [-0.1, -0.05) is 12.1 Å². The molecule has 1 fully saturated rings. The second-order valence-corrected chi connectivity index (χ2v) is 7.24. The molecule has 2 N–H and O–H groups in total. The van der Waals surface area contributed by atoms with Gasteiger partial charge in [0.25, 0.3) is 0 Å². The maximum Gasteiger partial charge on any atom is 0.424 e. The summed E-state index contributed by atoms with van der Waals surface area (Å²) in [6.45, 7) is 0.848. The molecule has 0 spiro atoms. The number of amides is 1. The summed E-state index contributed by atoms with van der Waals surface area (Å²) >= 11 is 0. The number of rotatable bonds is 7. The van der Waals surface area contributed by atoms with Crippen LogP contribution in [0.2, 0.25) is 0 Å². The largest absolute Gasteiger partial charge is 0.497 e. The van der Waals surface area contributed by atoms with Gasteiger partial charge >= 0.3 is 16.3 Å². The predicted molar refractivity (Wildman–Crippen MR) is 88.9 cm³/mol. The molecule has 1 atom stereocenters. The van der Waals surface area contributed by atoms with Crippen molar-refractivity contribution < 1.29 is 22.7 Å². The van der Waals surface area contributed by atoms with Crippen molar-refractivity contribution in [3.63, 3.8) is 0 Å². The molecule has 0 aliphatic carbocycles. The molecular formula is C15H23N3O5S. The molecule has 0 bridgehead atoms. The fourth-order valence-electron chi connectivity index (χ4n) is 2.43. The Morgan fingerprint density at radius 1 is 1.38 bits per heavy atom. The molecule has 1 aromatic carbocycles. The summed E-state index contributed by atoms with van der Waals surface area (Å²) in [5.74, 6) is 0.691. The summed E-state index contributed by atoms with van der Waals surface area (Å²) in [7, 11) is -1.09. The van der Waals surface area contributed by atoms with E-state index >= 15 is 0 Å². The van der Waals surface area contributed by atoms with Gasteiger partial charge in [-0.25, -0.2) is 9.52 Å². The number of hydrogen-bond acceptors (Lipinski definition) is 6. The van der Waals surface area contributed by atoms with Gasteiger partial charge in [-0.05, 0) is 37.1 Å². The third kappa shape index (κ3) is 4.83. The van der Waals surface area contributed by atoms with E-state index in [0.29, 0.717) is 5.75 Å². The van der Waals surface area contributed by atoms with Crippen LogP contribution in [0.15, 0.2) is 24.3 Å². The first-order valence-electron chi connectivity index (χ1n) is 7.70. The molecule has 1 amide bonds. The minimum absolute atomic E-state index is 0.0172. The van der Waals surface area contributed by atoms with E-state index in [1.165, 1.54) is 7.05 Å². The molecule has 1 aromatic rings. The van der Waals surface area contributed by atoms with Crippen molar-refractivity contribution in [3.05, 3.63) is 29.8 Å². The lowest BCUT2D eigenvalue weighted by Crippen LogP contribution is -2.48. The first-order valence-corrected chi connectivity index (χ1v) is 9.14. The molecule has 1 saturated heterocycles. The summed E-state index contributed by atoms with van der Waals surface area (Å²) in [5, 5.41) is 3.17. The standard InChI is InChI=1S/C15H23N3O5S/c1-16-24(20,21)18(10-13-4-3-9-17-13)15(19)23-11-12-5-7-14(22-2)8-6-12/h5-8,13,16-17H,3-4,9-11H2,1-2H3. The highest BCUT2D eigenvalue weighted by molar-refractivity contribution is 7.87. The number of carbonyl (C=O) groups excluding carboxylic acids is 1. The Balaban J connectivity index is 2.00. The molecule has 134 valence electrons. The number of nitrogens with one attached hydrogen (secondary N) is 2. The zero-order chi connectivity index (χ0) is 17.6. The molecule has 0 aromatic heterocycles. The van der Waals surface area contributed by atoms with E-state index in [4.69, 9.17) is 9.47 Å². The highest BCUT2D eigenvalue weighted by Crippen LogP contribution is 2.14. The average molecular weight is 357 g/mol.